The summed E-state index contributed by atoms with van der Waals surface area (Å²) in [7, 11) is 0. The van der Waals surface area contributed by atoms with Crippen molar-refractivity contribution in [2.45, 2.75) is 13.0 Å². The fourth-order valence-electron chi connectivity index (χ4n) is 1.56. The molecule has 0 saturated carbocycles. The Balaban J connectivity index is 2.25. The van der Waals surface area contributed by atoms with Gasteiger partial charge in [0.25, 0.3) is 11.6 Å². The SMILES string of the molecule is C[C@@H](NC(=O)c1cc(Cl)ccc1[N+](=O)[O-])c1ncon1. The van der Waals surface area contributed by atoms with Gasteiger partial charge in [0.05, 0.1) is 11.0 Å². The van der Waals surface area contributed by atoms with Gasteiger partial charge in [-0.1, -0.05) is 16.8 Å². The van der Waals surface area contributed by atoms with Gasteiger partial charge in [0.1, 0.15) is 5.56 Å². The van der Waals surface area contributed by atoms with Crippen molar-refractivity contribution in [1.29, 1.82) is 0 Å². The van der Waals surface area contributed by atoms with Crippen LogP contribution in [0.3, 0.4) is 0 Å². The largest absolute Gasteiger partial charge is 0.343 e. The molecule has 104 valence electrons. The topological polar surface area (TPSA) is 111 Å². The zero-order valence-electron chi connectivity index (χ0n) is 10.2. The monoisotopic (exact) mass is 296 g/mol. The molecule has 2 rings (SSSR count). The lowest BCUT2D eigenvalue weighted by Crippen LogP contribution is -2.28. The second kappa shape index (κ2) is 5.66. The van der Waals surface area contributed by atoms with Crippen molar-refractivity contribution < 1.29 is 14.2 Å². The first-order valence-electron chi connectivity index (χ1n) is 5.50. The lowest BCUT2D eigenvalue weighted by molar-refractivity contribution is -0.385. The van der Waals surface area contributed by atoms with Gasteiger partial charge >= 0.3 is 0 Å². The van der Waals surface area contributed by atoms with Gasteiger partial charge in [-0.3, -0.25) is 14.9 Å². The number of benzene rings is 1. The highest BCUT2D eigenvalue weighted by Gasteiger charge is 2.23. The molecule has 8 nitrogen and oxygen atoms in total. The molecule has 0 fully saturated rings. The third-order valence-corrected chi connectivity index (χ3v) is 2.75. The van der Waals surface area contributed by atoms with Crippen LogP contribution in [0, 0.1) is 10.1 Å². The second-order valence-corrected chi connectivity index (χ2v) is 4.34. The number of hydrogen-bond acceptors (Lipinski definition) is 6. The minimum absolute atomic E-state index is 0.127. The van der Waals surface area contributed by atoms with E-state index in [1.54, 1.807) is 6.92 Å². The van der Waals surface area contributed by atoms with Crippen LogP contribution in [0.15, 0.2) is 29.1 Å². The van der Waals surface area contributed by atoms with E-state index in [0.29, 0.717) is 0 Å². The molecule has 0 radical (unpaired) electrons. The highest BCUT2D eigenvalue weighted by Crippen LogP contribution is 2.23. The van der Waals surface area contributed by atoms with Gasteiger partial charge in [0.2, 0.25) is 6.39 Å². The van der Waals surface area contributed by atoms with E-state index in [4.69, 9.17) is 11.6 Å². The number of rotatable bonds is 4. The number of hydrogen-bond donors (Lipinski definition) is 1. The van der Waals surface area contributed by atoms with Crippen molar-refractivity contribution in [1.82, 2.24) is 15.5 Å². The Labute approximate surface area is 117 Å². The molecule has 0 saturated heterocycles. The molecule has 0 bridgehead atoms. The van der Waals surface area contributed by atoms with Crippen LogP contribution in [-0.4, -0.2) is 21.0 Å². The number of nitro groups is 1. The van der Waals surface area contributed by atoms with Crippen LogP contribution in [0.5, 0.6) is 0 Å². The molecule has 1 aromatic heterocycles. The van der Waals surface area contributed by atoms with E-state index in [1.165, 1.54) is 18.2 Å². The summed E-state index contributed by atoms with van der Waals surface area (Å²) in [5.74, 6) is -0.375. The normalized spacial score (nSPS) is 11.9. The minimum Gasteiger partial charge on any atom is -0.343 e. The average Bonchev–Trinajstić information content (AvgIpc) is 2.92. The van der Waals surface area contributed by atoms with E-state index in [1.807, 2.05) is 0 Å². The van der Waals surface area contributed by atoms with E-state index in [2.05, 4.69) is 20.0 Å². The van der Waals surface area contributed by atoms with Crippen molar-refractivity contribution in [3.05, 3.63) is 51.1 Å². The van der Waals surface area contributed by atoms with Gasteiger partial charge in [0.15, 0.2) is 5.82 Å². The molecule has 0 spiro atoms. The number of carbonyl (C=O) groups excluding carboxylic acids is 1. The second-order valence-electron chi connectivity index (χ2n) is 3.90. The summed E-state index contributed by atoms with van der Waals surface area (Å²) in [6, 6.07) is 3.20. The number of amides is 1. The first-order chi connectivity index (χ1) is 9.49. The number of nitrogens with zero attached hydrogens (tertiary/aromatic N) is 3. The van der Waals surface area contributed by atoms with Crippen LogP contribution >= 0.6 is 11.6 Å². The summed E-state index contributed by atoms with van der Waals surface area (Å²) in [4.78, 5) is 26.1. The molecule has 1 N–H and O–H groups in total. The van der Waals surface area contributed by atoms with Crippen molar-refractivity contribution in [2.75, 3.05) is 0 Å². The van der Waals surface area contributed by atoms with Gasteiger partial charge in [-0.2, -0.15) is 4.98 Å². The molecule has 0 aliphatic carbocycles. The molecule has 1 atom stereocenters. The standard InChI is InChI=1S/C11H9ClN4O4/c1-6(10-13-5-20-15-10)14-11(17)8-4-7(12)2-3-9(8)16(18)19/h2-6H,1H3,(H,14,17)/t6-/m1/s1. The van der Waals surface area contributed by atoms with Gasteiger partial charge in [-0.25, -0.2) is 0 Å². The first kappa shape index (κ1) is 13.9. The zero-order valence-corrected chi connectivity index (χ0v) is 11.0. The molecular weight excluding hydrogens is 288 g/mol. The molecule has 1 amide bonds. The number of carbonyl (C=O) groups is 1. The summed E-state index contributed by atoms with van der Waals surface area (Å²) in [6.07, 6.45) is 1.12. The Morgan fingerprint density at radius 1 is 1.55 bits per heavy atom. The molecule has 0 aliphatic rings. The van der Waals surface area contributed by atoms with E-state index in [0.717, 1.165) is 6.39 Å². The van der Waals surface area contributed by atoms with Crippen molar-refractivity contribution in [3.63, 3.8) is 0 Å². The number of halogens is 1. The third kappa shape index (κ3) is 2.91. The van der Waals surface area contributed by atoms with E-state index in [-0.39, 0.29) is 22.1 Å². The summed E-state index contributed by atoms with van der Waals surface area (Å²) >= 11 is 5.76. The Morgan fingerprint density at radius 2 is 2.30 bits per heavy atom. The van der Waals surface area contributed by atoms with Crippen molar-refractivity contribution >= 4 is 23.2 Å². The Morgan fingerprint density at radius 3 is 2.90 bits per heavy atom. The summed E-state index contributed by atoms with van der Waals surface area (Å²) in [5, 5.41) is 17.2. The van der Waals surface area contributed by atoms with Crippen LogP contribution in [0.4, 0.5) is 5.69 Å². The predicted molar refractivity (Wildman–Crippen MR) is 68.3 cm³/mol. The number of nitro benzene ring substituents is 1. The number of nitrogens with one attached hydrogen (secondary N) is 1. The van der Waals surface area contributed by atoms with Crippen LogP contribution in [0.25, 0.3) is 0 Å². The van der Waals surface area contributed by atoms with Crippen molar-refractivity contribution in [3.8, 4) is 0 Å². The summed E-state index contributed by atoms with van der Waals surface area (Å²) < 4.78 is 4.56. The van der Waals surface area contributed by atoms with Gasteiger partial charge in [0, 0.05) is 11.1 Å². The summed E-state index contributed by atoms with van der Waals surface area (Å²) in [5.41, 5.74) is -0.454. The highest BCUT2D eigenvalue weighted by molar-refractivity contribution is 6.31. The molecular formula is C11H9ClN4O4. The van der Waals surface area contributed by atoms with Gasteiger partial charge < -0.3 is 9.84 Å². The molecule has 1 aromatic carbocycles. The van der Waals surface area contributed by atoms with Gasteiger partial charge in [-0.05, 0) is 19.1 Å². The highest BCUT2D eigenvalue weighted by atomic mass is 35.5. The van der Waals surface area contributed by atoms with Crippen molar-refractivity contribution in [2.24, 2.45) is 0 Å². The maximum atomic E-state index is 12.1. The molecule has 20 heavy (non-hydrogen) atoms. The third-order valence-electron chi connectivity index (χ3n) is 2.51. The van der Waals surface area contributed by atoms with E-state index >= 15 is 0 Å². The Kier molecular flexibility index (Phi) is 3.94. The van der Waals surface area contributed by atoms with Gasteiger partial charge in [-0.15, -0.1) is 0 Å². The Bertz CT molecular complexity index is 644. The van der Waals surface area contributed by atoms with Crippen LogP contribution in [-0.2, 0) is 0 Å². The lowest BCUT2D eigenvalue weighted by atomic mass is 10.1. The van der Waals surface area contributed by atoms with E-state index < -0.39 is 16.9 Å². The maximum absolute atomic E-state index is 12.1. The molecule has 9 heteroatoms. The minimum atomic E-state index is -0.649. The number of aromatic nitrogens is 2. The molecule has 0 unspecified atom stereocenters. The average molecular weight is 297 g/mol. The first-order valence-corrected chi connectivity index (χ1v) is 5.88. The molecule has 0 aliphatic heterocycles. The zero-order chi connectivity index (χ0) is 14.7. The fourth-order valence-corrected chi connectivity index (χ4v) is 1.73. The maximum Gasteiger partial charge on any atom is 0.282 e. The van der Waals surface area contributed by atoms with Crippen LogP contribution in [0.1, 0.15) is 29.1 Å². The smallest absolute Gasteiger partial charge is 0.282 e. The Hall–Kier alpha value is -2.48. The predicted octanol–water partition coefficient (Wildman–Crippen LogP) is 2.12. The summed E-state index contributed by atoms with van der Waals surface area (Å²) in [6.45, 7) is 1.62. The quantitative estimate of drug-likeness (QED) is 0.683. The van der Waals surface area contributed by atoms with Crippen LogP contribution in [0.2, 0.25) is 5.02 Å². The fraction of sp³-hybridized carbons (Fsp3) is 0.182. The lowest BCUT2D eigenvalue weighted by Gasteiger charge is -2.10. The van der Waals surface area contributed by atoms with E-state index in [9.17, 15) is 14.9 Å². The van der Waals surface area contributed by atoms with Crippen LogP contribution < -0.4 is 5.32 Å². The molecule has 1 heterocycles. The molecule has 2 aromatic rings.